The van der Waals surface area contributed by atoms with Gasteiger partial charge >= 0.3 is 0 Å². The number of methoxy groups -OCH3 is 1. The third kappa shape index (κ3) is 11.7. The van der Waals surface area contributed by atoms with E-state index in [0.29, 0.717) is 0 Å². The largest absolute Gasteiger partial charge is 0.385 e. The van der Waals surface area contributed by atoms with Gasteiger partial charge in [-0.25, -0.2) is 0 Å². The average Bonchev–Trinajstić information content (AvgIpc) is 2.58. The number of halogens is 1. The van der Waals surface area contributed by atoms with Crippen LogP contribution in [0, 0.1) is 0 Å². The zero-order valence-electron chi connectivity index (χ0n) is 16.9. The number of guanidine groups is 1. The Hall–Kier alpha value is -0.900. The summed E-state index contributed by atoms with van der Waals surface area (Å²) >= 11 is 0. The van der Waals surface area contributed by atoms with Gasteiger partial charge in [-0.2, -0.15) is 0 Å². The summed E-state index contributed by atoms with van der Waals surface area (Å²) in [7, 11) is 9.85. The number of nitrogens with zero attached hydrogens (tertiary/aromatic N) is 3. The summed E-state index contributed by atoms with van der Waals surface area (Å²) in [4.78, 5) is 8.77. The van der Waals surface area contributed by atoms with E-state index in [1.165, 1.54) is 11.1 Å². The maximum atomic E-state index is 5.08. The van der Waals surface area contributed by atoms with Gasteiger partial charge in [0.1, 0.15) is 0 Å². The van der Waals surface area contributed by atoms with Crippen molar-refractivity contribution >= 4 is 29.9 Å². The van der Waals surface area contributed by atoms with Crippen molar-refractivity contribution in [2.75, 3.05) is 61.5 Å². The average molecular weight is 477 g/mol. The Kier molecular flexibility index (Phi) is 14.7. The highest BCUT2D eigenvalue weighted by atomic mass is 127. The molecule has 1 aromatic carbocycles. The zero-order valence-corrected chi connectivity index (χ0v) is 19.2. The van der Waals surface area contributed by atoms with E-state index >= 15 is 0 Å². The van der Waals surface area contributed by atoms with Crippen molar-refractivity contribution in [3.05, 3.63) is 35.4 Å². The van der Waals surface area contributed by atoms with Crippen LogP contribution in [0.5, 0.6) is 0 Å². The fraction of sp³-hybridized carbons (Fsp3) is 0.632. The van der Waals surface area contributed by atoms with Crippen LogP contribution >= 0.6 is 24.0 Å². The van der Waals surface area contributed by atoms with Crippen molar-refractivity contribution in [2.45, 2.75) is 19.5 Å². The van der Waals surface area contributed by atoms with Gasteiger partial charge in [-0.1, -0.05) is 24.3 Å². The summed E-state index contributed by atoms with van der Waals surface area (Å²) in [6.07, 6.45) is 1.06. The summed E-state index contributed by atoms with van der Waals surface area (Å²) in [5, 5.41) is 6.74. The Bertz CT molecular complexity index is 510. The molecule has 0 aromatic heterocycles. The summed E-state index contributed by atoms with van der Waals surface area (Å²) in [5.74, 6) is 0.836. The molecule has 0 heterocycles. The van der Waals surface area contributed by atoms with Crippen LogP contribution in [-0.2, 0) is 17.8 Å². The van der Waals surface area contributed by atoms with Crippen LogP contribution in [0.25, 0.3) is 0 Å². The number of ether oxygens (including phenoxy) is 1. The first kappa shape index (κ1) is 25.1. The number of rotatable bonds is 11. The first-order chi connectivity index (χ1) is 12.0. The van der Waals surface area contributed by atoms with E-state index in [-0.39, 0.29) is 24.0 Å². The lowest BCUT2D eigenvalue weighted by molar-refractivity contribution is 0.180. The van der Waals surface area contributed by atoms with E-state index in [4.69, 9.17) is 4.74 Å². The lowest BCUT2D eigenvalue weighted by atomic mass is 10.1. The number of benzene rings is 1. The van der Waals surface area contributed by atoms with Gasteiger partial charge < -0.3 is 25.2 Å². The van der Waals surface area contributed by atoms with Gasteiger partial charge in [-0.3, -0.25) is 4.99 Å². The second kappa shape index (κ2) is 15.2. The maximum absolute atomic E-state index is 5.08. The quantitative estimate of drug-likeness (QED) is 0.221. The third-order valence-corrected chi connectivity index (χ3v) is 3.85. The second-order valence-electron chi connectivity index (χ2n) is 6.56. The topological polar surface area (TPSA) is 52.1 Å². The van der Waals surface area contributed by atoms with Crippen molar-refractivity contribution in [3.8, 4) is 0 Å². The van der Waals surface area contributed by atoms with E-state index < -0.39 is 0 Å². The molecule has 0 aliphatic heterocycles. The number of hydrogen-bond donors (Lipinski definition) is 2. The number of nitrogens with one attached hydrogen (secondary N) is 2. The minimum atomic E-state index is 0. The summed E-state index contributed by atoms with van der Waals surface area (Å²) < 4.78 is 5.08. The monoisotopic (exact) mass is 477 g/mol. The Morgan fingerprint density at radius 1 is 1.12 bits per heavy atom. The van der Waals surface area contributed by atoms with Gasteiger partial charge in [0.2, 0.25) is 0 Å². The maximum Gasteiger partial charge on any atom is 0.191 e. The van der Waals surface area contributed by atoms with Crippen LogP contribution in [0.1, 0.15) is 17.5 Å². The standard InChI is InChI=1S/C19H35N5O.HI/c1-20-19(21-10-12-24(4)11-7-13-25-5)22-15-17-8-6-9-18(14-17)16-23(2)3;/h6,8-9,14H,7,10-13,15-16H2,1-5H3,(H2,20,21,22);1H. The second-order valence-corrected chi connectivity index (χ2v) is 6.56. The first-order valence-corrected chi connectivity index (χ1v) is 8.89. The lowest BCUT2D eigenvalue weighted by Gasteiger charge is -2.18. The molecule has 1 aromatic rings. The molecule has 150 valence electrons. The molecule has 0 saturated carbocycles. The van der Waals surface area contributed by atoms with E-state index in [1.54, 1.807) is 14.2 Å². The normalized spacial score (nSPS) is 11.6. The van der Waals surface area contributed by atoms with Gasteiger partial charge in [0.25, 0.3) is 0 Å². The SMILES string of the molecule is CN=C(NCCN(C)CCCOC)NCc1cccc(CN(C)C)c1.I. The van der Waals surface area contributed by atoms with Gasteiger partial charge in [-0.15, -0.1) is 24.0 Å². The first-order valence-electron chi connectivity index (χ1n) is 8.89. The molecule has 1 rings (SSSR count). The van der Waals surface area contributed by atoms with Crippen LogP contribution in [-0.4, -0.2) is 77.3 Å². The number of aliphatic imine (C=N–C) groups is 1. The molecule has 2 N–H and O–H groups in total. The van der Waals surface area contributed by atoms with Crippen molar-refractivity contribution in [1.29, 1.82) is 0 Å². The number of likely N-dealkylation sites (N-methyl/N-ethyl adjacent to an activating group) is 1. The molecule has 6 nitrogen and oxygen atoms in total. The van der Waals surface area contributed by atoms with Crippen LogP contribution in [0.3, 0.4) is 0 Å². The van der Waals surface area contributed by atoms with Crippen LogP contribution in [0.4, 0.5) is 0 Å². The van der Waals surface area contributed by atoms with E-state index in [0.717, 1.165) is 51.7 Å². The summed E-state index contributed by atoms with van der Waals surface area (Å²) in [6.45, 7) is 5.42. The fourth-order valence-corrected chi connectivity index (χ4v) is 2.57. The summed E-state index contributed by atoms with van der Waals surface area (Å²) in [5.41, 5.74) is 2.59. The Morgan fingerprint density at radius 2 is 1.85 bits per heavy atom. The van der Waals surface area contributed by atoms with Gasteiger partial charge in [-0.05, 0) is 38.7 Å². The molecule has 0 atom stereocenters. The molecule has 0 saturated heterocycles. The molecule has 7 heteroatoms. The smallest absolute Gasteiger partial charge is 0.191 e. The molecule has 0 unspecified atom stereocenters. The van der Waals surface area contributed by atoms with E-state index in [1.807, 2.05) is 0 Å². The van der Waals surface area contributed by atoms with Crippen molar-refractivity contribution in [2.24, 2.45) is 4.99 Å². The van der Waals surface area contributed by atoms with Crippen LogP contribution in [0.2, 0.25) is 0 Å². The fourth-order valence-electron chi connectivity index (χ4n) is 2.57. The van der Waals surface area contributed by atoms with Crippen LogP contribution < -0.4 is 10.6 Å². The molecular formula is C19H36IN5O. The highest BCUT2D eigenvalue weighted by molar-refractivity contribution is 14.0. The molecule has 0 radical (unpaired) electrons. The van der Waals surface area contributed by atoms with Crippen molar-refractivity contribution in [1.82, 2.24) is 20.4 Å². The van der Waals surface area contributed by atoms with Crippen molar-refractivity contribution in [3.63, 3.8) is 0 Å². The highest BCUT2D eigenvalue weighted by Crippen LogP contribution is 2.06. The molecule has 0 aliphatic carbocycles. The molecule has 0 bridgehead atoms. The molecule has 0 spiro atoms. The van der Waals surface area contributed by atoms with Gasteiger partial charge in [0.15, 0.2) is 5.96 Å². The third-order valence-electron chi connectivity index (χ3n) is 3.85. The predicted octanol–water partition coefficient (Wildman–Crippen LogP) is 2.00. The minimum absolute atomic E-state index is 0. The van der Waals surface area contributed by atoms with Crippen molar-refractivity contribution < 1.29 is 4.74 Å². The van der Waals surface area contributed by atoms with Gasteiger partial charge in [0, 0.05) is 53.5 Å². The Morgan fingerprint density at radius 3 is 2.50 bits per heavy atom. The summed E-state index contributed by atoms with van der Waals surface area (Å²) in [6, 6.07) is 8.66. The molecule has 26 heavy (non-hydrogen) atoms. The predicted molar refractivity (Wildman–Crippen MR) is 121 cm³/mol. The van der Waals surface area contributed by atoms with E-state index in [2.05, 4.69) is 70.8 Å². The van der Waals surface area contributed by atoms with Gasteiger partial charge in [0.05, 0.1) is 0 Å². The zero-order chi connectivity index (χ0) is 18.5. The van der Waals surface area contributed by atoms with E-state index in [9.17, 15) is 0 Å². The molecular weight excluding hydrogens is 441 g/mol. The number of hydrogen-bond acceptors (Lipinski definition) is 4. The molecule has 0 amide bonds. The molecule has 0 aliphatic rings. The van der Waals surface area contributed by atoms with Crippen LogP contribution in [0.15, 0.2) is 29.3 Å². The minimum Gasteiger partial charge on any atom is -0.385 e. The Labute approximate surface area is 176 Å². The Balaban J connectivity index is 0.00000625. The highest BCUT2D eigenvalue weighted by Gasteiger charge is 2.02. The lowest BCUT2D eigenvalue weighted by Crippen LogP contribution is -2.40. The molecule has 0 fully saturated rings.